The first kappa shape index (κ1) is 25.2. The van der Waals surface area contributed by atoms with Crippen LogP contribution in [0.3, 0.4) is 0 Å². The molecule has 8 nitrogen and oxygen atoms in total. The highest BCUT2D eigenvalue weighted by Gasteiger charge is 2.29. The minimum Gasteiger partial charge on any atom is -0.451 e. The number of ether oxygens (including phenoxy) is 1. The van der Waals surface area contributed by atoms with E-state index in [0.717, 1.165) is 6.07 Å². The lowest BCUT2D eigenvalue weighted by Crippen LogP contribution is -2.40. The molecule has 1 atom stereocenters. The molecule has 2 aromatic heterocycles. The third-order valence-electron chi connectivity index (χ3n) is 6.46. The van der Waals surface area contributed by atoms with Crippen LogP contribution in [0.2, 0.25) is 0 Å². The van der Waals surface area contributed by atoms with E-state index in [4.69, 9.17) is 10.5 Å². The first-order valence-corrected chi connectivity index (χ1v) is 11.7. The van der Waals surface area contributed by atoms with E-state index in [1.807, 2.05) is 0 Å². The number of rotatable bonds is 5. The summed E-state index contributed by atoms with van der Waals surface area (Å²) < 4.78 is 64.5. The maximum atomic E-state index is 15.4. The summed E-state index contributed by atoms with van der Waals surface area (Å²) in [6, 6.07) is 3.93. The lowest BCUT2D eigenvalue weighted by atomic mass is 10.1. The van der Waals surface area contributed by atoms with Crippen LogP contribution in [0, 0.1) is 30.2 Å². The highest BCUT2D eigenvalue weighted by Crippen LogP contribution is 2.37. The van der Waals surface area contributed by atoms with Crippen molar-refractivity contribution in [3.05, 3.63) is 72.1 Å². The SMILES string of the molecule is C=CC(=O)N1CCCC(n2nc(-c3ccc(Oc4c(F)c(C)cc(F)c4F)cc3F)c3c(N)ncnc32)C1. The molecule has 1 aliphatic rings. The molecule has 1 amide bonds. The van der Waals surface area contributed by atoms with E-state index in [1.165, 1.54) is 31.5 Å². The third kappa shape index (κ3) is 4.31. The number of aromatic nitrogens is 4. The number of carbonyl (C=O) groups is 1. The molecule has 0 radical (unpaired) electrons. The topological polar surface area (TPSA) is 99.2 Å². The van der Waals surface area contributed by atoms with Gasteiger partial charge < -0.3 is 15.4 Å². The molecule has 1 aliphatic heterocycles. The molecule has 1 unspecified atom stereocenters. The number of piperidine rings is 1. The van der Waals surface area contributed by atoms with Crippen LogP contribution >= 0.6 is 0 Å². The zero-order chi connectivity index (χ0) is 27.1. The van der Waals surface area contributed by atoms with E-state index in [-0.39, 0.29) is 40.3 Å². The summed E-state index contributed by atoms with van der Waals surface area (Å²) in [5.74, 6) is -6.11. The van der Waals surface area contributed by atoms with Gasteiger partial charge in [0.2, 0.25) is 17.5 Å². The number of aryl methyl sites for hydroxylation is 1. The van der Waals surface area contributed by atoms with E-state index in [0.29, 0.717) is 43.0 Å². The summed E-state index contributed by atoms with van der Waals surface area (Å²) in [5, 5.41) is 4.92. The van der Waals surface area contributed by atoms with Crippen molar-refractivity contribution < 1.29 is 27.1 Å². The largest absolute Gasteiger partial charge is 0.451 e. The Morgan fingerprint density at radius 1 is 1.16 bits per heavy atom. The van der Waals surface area contributed by atoms with Crippen LogP contribution in [0.5, 0.6) is 11.5 Å². The molecule has 1 fully saturated rings. The highest BCUT2D eigenvalue weighted by atomic mass is 19.2. The van der Waals surface area contributed by atoms with Gasteiger partial charge in [-0.25, -0.2) is 27.8 Å². The van der Waals surface area contributed by atoms with Crippen molar-refractivity contribution in [2.24, 2.45) is 0 Å². The van der Waals surface area contributed by atoms with Gasteiger partial charge in [-0.2, -0.15) is 9.49 Å². The van der Waals surface area contributed by atoms with Gasteiger partial charge in [-0.1, -0.05) is 6.58 Å². The minimum atomic E-state index is -1.52. The van der Waals surface area contributed by atoms with Crippen LogP contribution in [-0.4, -0.2) is 43.6 Å². The monoisotopic (exact) mass is 526 g/mol. The third-order valence-corrected chi connectivity index (χ3v) is 6.46. The second-order valence-electron chi connectivity index (χ2n) is 8.91. The lowest BCUT2D eigenvalue weighted by molar-refractivity contribution is -0.127. The van der Waals surface area contributed by atoms with Crippen molar-refractivity contribution >= 4 is 22.8 Å². The summed E-state index contributed by atoms with van der Waals surface area (Å²) in [6.07, 6.45) is 3.93. The molecule has 5 rings (SSSR count). The van der Waals surface area contributed by atoms with Crippen molar-refractivity contribution in [1.82, 2.24) is 24.6 Å². The first-order valence-electron chi connectivity index (χ1n) is 11.7. The van der Waals surface area contributed by atoms with E-state index in [2.05, 4.69) is 21.6 Å². The zero-order valence-electron chi connectivity index (χ0n) is 20.2. The number of hydrogen-bond acceptors (Lipinski definition) is 6. The maximum Gasteiger partial charge on any atom is 0.246 e. The molecule has 196 valence electrons. The Balaban J connectivity index is 1.55. The normalized spacial score (nSPS) is 15.6. The number of benzene rings is 2. The first-order chi connectivity index (χ1) is 18.2. The van der Waals surface area contributed by atoms with Crippen molar-refractivity contribution in [3.63, 3.8) is 0 Å². The smallest absolute Gasteiger partial charge is 0.246 e. The molecule has 3 heterocycles. The standard InChI is InChI=1S/C26H22F4N6O2/c1-3-19(37)35-8-4-5-14(11-35)36-26-20(25(31)32-12-33-26)23(34-36)16-7-6-15(10-17(16)27)38-24-21(29)13(2)9-18(28)22(24)30/h3,6-7,9-10,12,14H,1,4-5,8,11H2,2H3,(H2,31,32,33). The molecule has 0 spiro atoms. The van der Waals surface area contributed by atoms with Crippen LogP contribution in [0.15, 0.2) is 43.2 Å². The van der Waals surface area contributed by atoms with Crippen LogP contribution in [-0.2, 0) is 4.79 Å². The molecule has 2 N–H and O–H groups in total. The van der Waals surface area contributed by atoms with Crippen LogP contribution in [0.4, 0.5) is 23.4 Å². The number of amides is 1. The lowest BCUT2D eigenvalue weighted by Gasteiger charge is -2.32. The van der Waals surface area contributed by atoms with Crippen molar-refractivity contribution in [1.29, 1.82) is 0 Å². The Bertz CT molecular complexity index is 1560. The average molecular weight is 526 g/mol. The minimum absolute atomic E-state index is 0.00815. The number of halogens is 4. The number of nitrogens with two attached hydrogens (primary N) is 1. The predicted molar refractivity (Wildman–Crippen MR) is 131 cm³/mol. The Kier molecular flexibility index (Phi) is 6.47. The van der Waals surface area contributed by atoms with Gasteiger partial charge in [-0.3, -0.25) is 4.79 Å². The van der Waals surface area contributed by atoms with E-state index < -0.39 is 29.0 Å². The molecule has 1 saturated heterocycles. The molecule has 0 aliphatic carbocycles. The number of anilines is 1. The summed E-state index contributed by atoms with van der Waals surface area (Å²) in [5.41, 5.74) is 6.48. The molecular formula is C26H22F4N6O2. The molecule has 4 aromatic rings. The number of carbonyl (C=O) groups excluding carboxylic acids is 1. The number of nitrogens with zero attached hydrogens (tertiary/aromatic N) is 5. The molecule has 0 bridgehead atoms. The van der Waals surface area contributed by atoms with Gasteiger partial charge >= 0.3 is 0 Å². The number of fused-ring (bicyclic) bond motifs is 1. The summed E-state index contributed by atoms with van der Waals surface area (Å²) in [4.78, 5) is 22.2. The van der Waals surface area contributed by atoms with Gasteiger partial charge in [0.05, 0.1) is 11.4 Å². The fourth-order valence-electron chi connectivity index (χ4n) is 4.58. The quantitative estimate of drug-likeness (QED) is 0.221. The van der Waals surface area contributed by atoms with Crippen molar-refractivity contribution in [2.45, 2.75) is 25.8 Å². The van der Waals surface area contributed by atoms with Crippen LogP contribution in [0.25, 0.3) is 22.3 Å². The van der Waals surface area contributed by atoms with Gasteiger partial charge in [0, 0.05) is 24.7 Å². The van der Waals surface area contributed by atoms with Crippen LogP contribution in [0.1, 0.15) is 24.4 Å². The van der Waals surface area contributed by atoms with E-state index >= 15 is 4.39 Å². The second-order valence-corrected chi connectivity index (χ2v) is 8.91. The molecule has 2 aromatic carbocycles. The molecule has 0 saturated carbocycles. The van der Waals surface area contributed by atoms with Gasteiger partial charge in [-0.15, -0.1) is 0 Å². The van der Waals surface area contributed by atoms with Crippen molar-refractivity contribution in [3.8, 4) is 22.8 Å². The Hall–Kier alpha value is -4.48. The summed E-state index contributed by atoms with van der Waals surface area (Å²) in [7, 11) is 0. The highest BCUT2D eigenvalue weighted by molar-refractivity contribution is 5.98. The Morgan fingerprint density at radius 3 is 2.68 bits per heavy atom. The average Bonchev–Trinajstić information content (AvgIpc) is 3.30. The summed E-state index contributed by atoms with van der Waals surface area (Å²) >= 11 is 0. The van der Waals surface area contributed by atoms with E-state index in [1.54, 1.807) is 9.58 Å². The van der Waals surface area contributed by atoms with Gasteiger partial charge in [0.1, 0.15) is 29.4 Å². The van der Waals surface area contributed by atoms with Gasteiger partial charge in [0.25, 0.3) is 0 Å². The van der Waals surface area contributed by atoms with Crippen LogP contribution < -0.4 is 10.5 Å². The predicted octanol–water partition coefficient (Wildman–Crippen LogP) is 5.08. The molecular weight excluding hydrogens is 504 g/mol. The number of likely N-dealkylation sites (tertiary alicyclic amines) is 1. The van der Waals surface area contributed by atoms with Gasteiger partial charge in [-0.05, 0) is 49.6 Å². The Morgan fingerprint density at radius 2 is 1.95 bits per heavy atom. The van der Waals surface area contributed by atoms with E-state index in [9.17, 15) is 18.0 Å². The number of hydrogen-bond donors (Lipinski definition) is 1. The molecule has 12 heteroatoms. The maximum absolute atomic E-state index is 15.4. The fraction of sp³-hybridized carbons (Fsp3) is 0.231. The number of nitrogen functional groups attached to an aromatic ring is 1. The molecule has 38 heavy (non-hydrogen) atoms. The fourth-order valence-corrected chi connectivity index (χ4v) is 4.58. The zero-order valence-corrected chi connectivity index (χ0v) is 20.2. The second kappa shape index (κ2) is 9.77. The van der Waals surface area contributed by atoms with Crippen molar-refractivity contribution in [2.75, 3.05) is 18.8 Å². The van der Waals surface area contributed by atoms with Gasteiger partial charge in [0.15, 0.2) is 17.3 Å². The Labute approximate surface area is 214 Å². The summed E-state index contributed by atoms with van der Waals surface area (Å²) in [6.45, 7) is 5.72.